The van der Waals surface area contributed by atoms with Crippen molar-refractivity contribution in [3.8, 4) is 5.69 Å². The van der Waals surface area contributed by atoms with Gasteiger partial charge in [0.25, 0.3) is 5.56 Å². The Morgan fingerprint density at radius 3 is 2.86 bits per heavy atom. The lowest BCUT2D eigenvalue weighted by Gasteiger charge is -2.08. The maximum absolute atomic E-state index is 12.3. The molecule has 0 saturated heterocycles. The Morgan fingerprint density at radius 2 is 2.14 bits per heavy atom. The van der Waals surface area contributed by atoms with Gasteiger partial charge in [0.2, 0.25) is 0 Å². The number of aryl methyl sites for hydroxylation is 2. The third kappa shape index (κ3) is 2.16. The summed E-state index contributed by atoms with van der Waals surface area (Å²) in [5.41, 5.74) is 3.69. The third-order valence-electron chi connectivity index (χ3n) is 3.46. The highest BCUT2D eigenvalue weighted by molar-refractivity contribution is 5.75. The van der Waals surface area contributed by atoms with Crippen molar-refractivity contribution in [2.24, 2.45) is 0 Å². The maximum Gasteiger partial charge on any atom is 0.264 e. The molecule has 0 spiro atoms. The summed E-state index contributed by atoms with van der Waals surface area (Å²) in [5, 5.41) is 4.85. The van der Waals surface area contributed by atoms with Crippen molar-refractivity contribution in [3.63, 3.8) is 0 Å². The molecule has 0 fully saturated rings. The minimum atomic E-state index is -0.101. The molecule has 0 atom stereocenters. The van der Waals surface area contributed by atoms with E-state index in [0.29, 0.717) is 17.6 Å². The highest BCUT2D eigenvalue weighted by Crippen LogP contribution is 2.18. The monoisotopic (exact) mass is 280 g/mol. The van der Waals surface area contributed by atoms with Gasteiger partial charge in [-0.1, -0.05) is 23.8 Å². The minimum absolute atomic E-state index is 0.101. The fourth-order valence-electron chi connectivity index (χ4n) is 2.44. The summed E-state index contributed by atoms with van der Waals surface area (Å²) < 4.78 is 3.23. The predicted octanol–water partition coefficient (Wildman–Crippen LogP) is 2.39. The Kier molecular flexibility index (Phi) is 3.17. The van der Waals surface area contributed by atoms with Crippen LogP contribution < -0.4 is 5.56 Å². The number of aromatic nitrogens is 4. The average Bonchev–Trinajstić information content (AvgIpc) is 2.87. The fraction of sp³-hybridized carbons (Fsp3) is 0.188. The highest BCUT2D eigenvalue weighted by Gasteiger charge is 2.12. The average molecular weight is 280 g/mol. The molecule has 0 unspecified atom stereocenters. The quantitative estimate of drug-likeness (QED) is 0.692. The molecule has 5 heteroatoms. The van der Waals surface area contributed by atoms with Crippen molar-refractivity contribution in [1.82, 2.24) is 19.3 Å². The van der Waals surface area contributed by atoms with Crippen LogP contribution in [0.2, 0.25) is 0 Å². The van der Waals surface area contributed by atoms with Gasteiger partial charge in [-0.25, -0.2) is 9.67 Å². The van der Waals surface area contributed by atoms with E-state index in [1.165, 1.54) is 16.5 Å². The van der Waals surface area contributed by atoms with E-state index in [-0.39, 0.29) is 5.56 Å². The highest BCUT2D eigenvalue weighted by atomic mass is 16.1. The van der Waals surface area contributed by atoms with Gasteiger partial charge in [-0.05, 0) is 25.5 Å². The normalized spacial score (nSPS) is 11.0. The first kappa shape index (κ1) is 13.3. The van der Waals surface area contributed by atoms with Crippen molar-refractivity contribution in [1.29, 1.82) is 0 Å². The Balaban J connectivity index is 2.23. The van der Waals surface area contributed by atoms with E-state index in [1.807, 2.05) is 26.0 Å². The van der Waals surface area contributed by atoms with Gasteiger partial charge < -0.3 is 0 Å². The Hall–Kier alpha value is -2.69. The van der Waals surface area contributed by atoms with Crippen LogP contribution in [0.5, 0.6) is 0 Å². The van der Waals surface area contributed by atoms with Gasteiger partial charge in [-0.3, -0.25) is 9.36 Å². The van der Waals surface area contributed by atoms with Crippen molar-refractivity contribution in [3.05, 3.63) is 64.9 Å². The summed E-state index contributed by atoms with van der Waals surface area (Å²) in [6.07, 6.45) is 4.78. The molecule has 3 rings (SSSR count). The molecule has 0 amide bonds. The van der Waals surface area contributed by atoms with Gasteiger partial charge in [0, 0.05) is 6.54 Å². The number of benzene rings is 1. The van der Waals surface area contributed by atoms with Crippen LogP contribution in [0.4, 0.5) is 0 Å². The first-order chi connectivity index (χ1) is 10.1. The van der Waals surface area contributed by atoms with Crippen LogP contribution in [0, 0.1) is 13.8 Å². The van der Waals surface area contributed by atoms with Crippen LogP contribution in [0.1, 0.15) is 11.1 Å². The minimum Gasteiger partial charge on any atom is -0.295 e. The second kappa shape index (κ2) is 5.01. The zero-order valence-electron chi connectivity index (χ0n) is 12.1. The third-order valence-corrected chi connectivity index (χ3v) is 3.46. The lowest BCUT2D eigenvalue weighted by Crippen LogP contribution is -2.19. The molecule has 1 aromatic carbocycles. The topological polar surface area (TPSA) is 52.7 Å². The number of hydrogen-bond acceptors (Lipinski definition) is 3. The SMILES string of the molecule is C=CCn1cnc2c(cnn2-c2ccc(C)cc2C)c1=O. The smallest absolute Gasteiger partial charge is 0.264 e. The molecule has 2 aromatic heterocycles. The van der Waals surface area contributed by atoms with Crippen molar-refractivity contribution < 1.29 is 0 Å². The van der Waals surface area contributed by atoms with Crippen LogP contribution in [0.15, 0.2) is 48.2 Å². The fourth-order valence-corrected chi connectivity index (χ4v) is 2.44. The van der Waals surface area contributed by atoms with Gasteiger partial charge >= 0.3 is 0 Å². The van der Waals surface area contributed by atoms with E-state index in [4.69, 9.17) is 0 Å². The van der Waals surface area contributed by atoms with Gasteiger partial charge in [0.1, 0.15) is 11.7 Å². The number of fused-ring (bicyclic) bond motifs is 1. The molecule has 0 N–H and O–H groups in total. The molecule has 5 nitrogen and oxygen atoms in total. The van der Waals surface area contributed by atoms with Gasteiger partial charge in [-0.15, -0.1) is 6.58 Å². The molecule has 21 heavy (non-hydrogen) atoms. The Bertz CT molecular complexity index is 889. The molecular weight excluding hydrogens is 264 g/mol. The van der Waals surface area contributed by atoms with Gasteiger partial charge in [0.15, 0.2) is 5.65 Å². The summed E-state index contributed by atoms with van der Waals surface area (Å²) in [6, 6.07) is 6.10. The Labute approximate surface area is 122 Å². The lowest BCUT2D eigenvalue weighted by atomic mass is 10.1. The van der Waals surface area contributed by atoms with Crippen LogP contribution in [0.3, 0.4) is 0 Å². The van der Waals surface area contributed by atoms with Crippen LogP contribution in [0.25, 0.3) is 16.7 Å². The van der Waals surface area contributed by atoms with Crippen molar-refractivity contribution >= 4 is 11.0 Å². The van der Waals surface area contributed by atoms with E-state index in [2.05, 4.69) is 22.7 Å². The standard InChI is InChI=1S/C16H16N4O/c1-4-7-19-10-17-15-13(16(19)21)9-18-20(15)14-6-5-11(2)8-12(14)3/h4-6,8-10H,1,7H2,2-3H3. The molecule has 0 aliphatic heterocycles. The summed E-state index contributed by atoms with van der Waals surface area (Å²) in [6.45, 7) is 8.15. The van der Waals surface area contributed by atoms with Crippen LogP contribution in [-0.4, -0.2) is 19.3 Å². The van der Waals surface area contributed by atoms with E-state index in [1.54, 1.807) is 17.0 Å². The van der Waals surface area contributed by atoms with Crippen molar-refractivity contribution in [2.75, 3.05) is 0 Å². The Morgan fingerprint density at radius 1 is 1.33 bits per heavy atom. The molecule has 0 aliphatic rings. The van der Waals surface area contributed by atoms with Crippen molar-refractivity contribution in [2.45, 2.75) is 20.4 Å². The summed E-state index contributed by atoms with van der Waals surface area (Å²) in [5.74, 6) is 0. The zero-order valence-corrected chi connectivity index (χ0v) is 12.1. The molecular formula is C16H16N4O. The van der Waals surface area contributed by atoms with Crippen LogP contribution in [-0.2, 0) is 6.54 Å². The van der Waals surface area contributed by atoms with Crippen LogP contribution >= 0.6 is 0 Å². The first-order valence-corrected chi connectivity index (χ1v) is 6.73. The predicted molar refractivity (Wildman–Crippen MR) is 82.8 cm³/mol. The number of allylic oxidation sites excluding steroid dienone is 1. The van der Waals surface area contributed by atoms with E-state index < -0.39 is 0 Å². The van der Waals surface area contributed by atoms with Gasteiger partial charge in [0.05, 0.1) is 11.9 Å². The number of rotatable bonds is 3. The second-order valence-electron chi connectivity index (χ2n) is 5.07. The van der Waals surface area contributed by atoms with E-state index in [9.17, 15) is 4.79 Å². The molecule has 2 heterocycles. The largest absolute Gasteiger partial charge is 0.295 e. The molecule has 0 radical (unpaired) electrons. The second-order valence-corrected chi connectivity index (χ2v) is 5.07. The molecule has 0 bridgehead atoms. The number of hydrogen-bond donors (Lipinski definition) is 0. The van der Waals surface area contributed by atoms with E-state index >= 15 is 0 Å². The zero-order chi connectivity index (χ0) is 15.0. The van der Waals surface area contributed by atoms with E-state index in [0.717, 1.165) is 11.3 Å². The summed E-state index contributed by atoms with van der Waals surface area (Å²) in [4.78, 5) is 16.7. The summed E-state index contributed by atoms with van der Waals surface area (Å²) >= 11 is 0. The summed E-state index contributed by atoms with van der Waals surface area (Å²) in [7, 11) is 0. The lowest BCUT2D eigenvalue weighted by molar-refractivity contribution is 0.764. The van der Waals surface area contributed by atoms with Gasteiger partial charge in [-0.2, -0.15) is 5.10 Å². The maximum atomic E-state index is 12.3. The first-order valence-electron chi connectivity index (χ1n) is 6.73. The molecule has 0 aliphatic carbocycles. The molecule has 3 aromatic rings. The molecule has 106 valence electrons. The molecule has 0 saturated carbocycles. The number of nitrogens with zero attached hydrogens (tertiary/aromatic N) is 4.